The van der Waals surface area contributed by atoms with Gasteiger partial charge in [0.1, 0.15) is 39.6 Å². The molecule has 0 radical (unpaired) electrons. The van der Waals surface area contributed by atoms with Crippen molar-refractivity contribution >= 4 is 10.0 Å². The minimum absolute atomic E-state index is 0.0336. The maximum atomic E-state index is 14.5. The fraction of sp³-hybridized carbons (Fsp3) is 0.0625. The Morgan fingerprint density at radius 2 is 1.58 bits per heavy atom. The molecule has 0 atom stereocenters. The summed E-state index contributed by atoms with van der Waals surface area (Å²) in [6.07, 6.45) is 0. The van der Waals surface area contributed by atoms with Gasteiger partial charge in [-0.05, 0) is 31.2 Å². The fourth-order valence-corrected chi connectivity index (χ4v) is 3.11. The van der Waals surface area contributed by atoms with Gasteiger partial charge in [-0.25, -0.2) is 31.1 Å². The predicted molar refractivity (Wildman–Crippen MR) is 83.3 cm³/mol. The zero-order valence-corrected chi connectivity index (χ0v) is 13.9. The highest BCUT2D eigenvalue weighted by atomic mass is 32.2. The number of rotatable bonds is 3. The third kappa shape index (κ3) is 3.20. The van der Waals surface area contributed by atoms with Crippen LogP contribution < -0.4 is 5.14 Å². The zero-order chi connectivity index (χ0) is 19.2. The molecule has 0 saturated heterocycles. The van der Waals surface area contributed by atoms with Gasteiger partial charge in [0.25, 0.3) is 0 Å². The summed E-state index contributed by atoms with van der Waals surface area (Å²) < 4.78 is 83.0. The lowest BCUT2D eigenvalue weighted by Crippen LogP contribution is -2.14. The molecule has 0 aliphatic rings. The summed E-state index contributed by atoms with van der Waals surface area (Å²) in [5.74, 6) is -4.18. The lowest BCUT2D eigenvalue weighted by atomic mass is 9.98. The van der Waals surface area contributed by atoms with Gasteiger partial charge in [0.2, 0.25) is 10.0 Å². The fourth-order valence-electron chi connectivity index (χ4n) is 2.52. The summed E-state index contributed by atoms with van der Waals surface area (Å²) in [6, 6.07) is 3.54. The van der Waals surface area contributed by atoms with Gasteiger partial charge in [-0.15, -0.1) is 0 Å². The van der Waals surface area contributed by atoms with E-state index in [1.165, 1.54) is 6.92 Å². The summed E-state index contributed by atoms with van der Waals surface area (Å²) in [7, 11) is -4.48. The van der Waals surface area contributed by atoms with Crippen LogP contribution in [0.3, 0.4) is 0 Å². The second-order valence-corrected chi connectivity index (χ2v) is 6.96. The van der Waals surface area contributed by atoms with Crippen LogP contribution >= 0.6 is 0 Å². The molecule has 0 aliphatic carbocycles. The number of aryl methyl sites for hydroxylation is 1. The summed E-state index contributed by atoms with van der Waals surface area (Å²) in [5.41, 5.74) is -0.673. The van der Waals surface area contributed by atoms with Gasteiger partial charge in [-0.3, -0.25) is 0 Å². The van der Waals surface area contributed by atoms with Gasteiger partial charge in [-0.2, -0.15) is 0 Å². The van der Waals surface area contributed by atoms with Crippen LogP contribution in [0.2, 0.25) is 0 Å². The lowest BCUT2D eigenvalue weighted by molar-refractivity contribution is 0.400. The van der Waals surface area contributed by atoms with Crippen LogP contribution in [0.1, 0.15) is 5.76 Å². The van der Waals surface area contributed by atoms with Crippen molar-refractivity contribution in [1.29, 1.82) is 0 Å². The van der Waals surface area contributed by atoms with Gasteiger partial charge in [0.15, 0.2) is 0 Å². The van der Waals surface area contributed by atoms with Crippen molar-refractivity contribution in [1.82, 2.24) is 5.16 Å². The topological polar surface area (TPSA) is 86.2 Å². The van der Waals surface area contributed by atoms with Crippen LogP contribution in [-0.2, 0) is 10.0 Å². The molecular formula is C16H10F4N2O3S. The number of halogens is 4. The number of benzene rings is 2. The number of aromatic nitrogens is 1. The van der Waals surface area contributed by atoms with Crippen LogP contribution in [-0.4, -0.2) is 13.6 Å². The summed E-state index contributed by atoms with van der Waals surface area (Å²) in [4.78, 5) is -1.02. The minimum atomic E-state index is -4.48. The Morgan fingerprint density at radius 3 is 2.15 bits per heavy atom. The summed E-state index contributed by atoms with van der Waals surface area (Å²) >= 11 is 0. The van der Waals surface area contributed by atoms with Gasteiger partial charge < -0.3 is 4.52 Å². The lowest BCUT2D eigenvalue weighted by Gasteiger charge is -2.08. The first-order valence-corrected chi connectivity index (χ1v) is 8.57. The van der Waals surface area contributed by atoms with Crippen molar-refractivity contribution in [3.8, 4) is 22.4 Å². The van der Waals surface area contributed by atoms with E-state index in [1.807, 2.05) is 0 Å². The standard InChI is InChI=1S/C16H10F4N2O3S/c1-7-15(11-5-13(20)14(6-12(11)19)26(21,23)24)16(22-25-7)8-2-9(17)4-10(18)3-8/h2-6H,1H3,(H2,21,23,24). The molecule has 5 nitrogen and oxygen atoms in total. The molecule has 3 rings (SSSR count). The van der Waals surface area contributed by atoms with Crippen molar-refractivity contribution in [2.45, 2.75) is 11.8 Å². The van der Waals surface area contributed by atoms with Crippen molar-refractivity contribution < 1.29 is 30.5 Å². The molecule has 0 unspecified atom stereocenters. The molecule has 1 aromatic heterocycles. The Balaban J connectivity index is 2.26. The third-order valence-corrected chi connectivity index (χ3v) is 4.52. The monoisotopic (exact) mass is 386 g/mol. The number of hydrogen-bond acceptors (Lipinski definition) is 4. The molecule has 0 amide bonds. The SMILES string of the molecule is Cc1onc(-c2cc(F)cc(F)c2)c1-c1cc(F)c(S(N)(=O)=O)cc1F. The van der Waals surface area contributed by atoms with Crippen LogP contribution in [0.4, 0.5) is 17.6 Å². The highest BCUT2D eigenvalue weighted by Crippen LogP contribution is 2.37. The Morgan fingerprint density at radius 1 is 0.962 bits per heavy atom. The highest BCUT2D eigenvalue weighted by molar-refractivity contribution is 7.89. The molecule has 2 N–H and O–H groups in total. The van der Waals surface area contributed by atoms with Gasteiger partial charge >= 0.3 is 0 Å². The quantitative estimate of drug-likeness (QED) is 0.698. The number of nitrogens with two attached hydrogens (primary N) is 1. The Bertz CT molecular complexity index is 1110. The Kier molecular flexibility index (Phi) is 4.32. The first-order chi connectivity index (χ1) is 12.1. The maximum Gasteiger partial charge on any atom is 0.241 e. The molecule has 0 spiro atoms. The van der Waals surface area contributed by atoms with Gasteiger partial charge in [0, 0.05) is 17.2 Å². The molecule has 3 aromatic rings. The van der Waals surface area contributed by atoms with Crippen LogP contribution in [0, 0.1) is 30.2 Å². The van der Waals surface area contributed by atoms with Gasteiger partial charge in [-0.1, -0.05) is 5.16 Å². The zero-order valence-electron chi connectivity index (χ0n) is 13.1. The van der Waals surface area contributed by atoms with E-state index in [0.717, 1.165) is 12.1 Å². The van der Waals surface area contributed by atoms with Crippen LogP contribution in [0.15, 0.2) is 39.8 Å². The average Bonchev–Trinajstić information content (AvgIpc) is 2.88. The van der Waals surface area contributed by atoms with Gasteiger partial charge in [0.05, 0.1) is 5.56 Å². The molecule has 0 aliphatic heterocycles. The molecule has 0 saturated carbocycles. The smallest absolute Gasteiger partial charge is 0.241 e. The Hall–Kier alpha value is -2.72. The van der Waals surface area contributed by atoms with Crippen molar-refractivity contribution in [2.75, 3.05) is 0 Å². The second kappa shape index (κ2) is 6.22. The molecule has 0 bridgehead atoms. The molecule has 1 heterocycles. The van der Waals surface area contributed by atoms with E-state index in [1.54, 1.807) is 0 Å². The van der Waals surface area contributed by atoms with E-state index in [2.05, 4.69) is 5.16 Å². The first-order valence-electron chi connectivity index (χ1n) is 7.03. The second-order valence-electron chi connectivity index (χ2n) is 5.43. The van der Waals surface area contributed by atoms with Crippen molar-refractivity contribution in [3.05, 3.63) is 59.4 Å². The van der Waals surface area contributed by atoms with E-state index >= 15 is 0 Å². The number of sulfonamides is 1. The average molecular weight is 386 g/mol. The normalized spacial score (nSPS) is 11.8. The van der Waals surface area contributed by atoms with E-state index in [-0.39, 0.29) is 22.6 Å². The third-order valence-electron chi connectivity index (χ3n) is 3.60. The first kappa shape index (κ1) is 18.1. The highest BCUT2D eigenvalue weighted by Gasteiger charge is 2.24. The molecule has 26 heavy (non-hydrogen) atoms. The molecular weight excluding hydrogens is 376 g/mol. The number of nitrogens with zero attached hydrogens (tertiary/aromatic N) is 1. The van der Waals surface area contributed by atoms with E-state index < -0.39 is 43.8 Å². The van der Waals surface area contributed by atoms with Crippen LogP contribution in [0.25, 0.3) is 22.4 Å². The van der Waals surface area contributed by atoms with E-state index in [0.29, 0.717) is 18.2 Å². The predicted octanol–water partition coefficient (Wildman–Crippen LogP) is 3.52. The molecule has 10 heteroatoms. The Labute approximate surface area is 145 Å². The summed E-state index contributed by atoms with van der Waals surface area (Å²) in [6.45, 7) is 1.38. The number of primary sulfonamides is 1. The molecule has 0 fully saturated rings. The maximum absolute atomic E-state index is 14.5. The largest absolute Gasteiger partial charge is 0.360 e. The van der Waals surface area contributed by atoms with Crippen molar-refractivity contribution in [3.63, 3.8) is 0 Å². The van der Waals surface area contributed by atoms with Crippen LogP contribution in [0.5, 0.6) is 0 Å². The van der Waals surface area contributed by atoms with E-state index in [4.69, 9.17) is 9.66 Å². The minimum Gasteiger partial charge on any atom is -0.360 e. The molecule has 2 aromatic carbocycles. The summed E-state index contributed by atoms with van der Waals surface area (Å²) in [5, 5.41) is 8.48. The number of hydrogen-bond donors (Lipinski definition) is 1. The molecule has 136 valence electrons. The van der Waals surface area contributed by atoms with Crippen molar-refractivity contribution in [2.24, 2.45) is 5.14 Å². The van der Waals surface area contributed by atoms with E-state index in [9.17, 15) is 26.0 Å².